The maximum atomic E-state index is 12.8. The second-order valence-electron chi connectivity index (χ2n) is 8.55. The number of amides is 1. The second-order valence-corrected chi connectivity index (χ2v) is 9.58. The molecule has 162 valence electrons. The predicted octanol–water partition coefficient (Wildman–Crippen LogP) is 6.04. The molecule has 5 nitrogen and oxygen atoms in total. The average Bonchev–Trinajstić information content (AvgIpc) is 3.39. The first-order valence-corrected chi connectivity index (χ1v) is 11.8. The molecule has 3 aromatic rings. The molecule has 1 aliphatic carbocycles. The lowest BCUT2D eigenvalue weighted by molar-refractivity contribution is -0.122. The van der Waals surface area contributed by atoms with Gasteiger partial charge in [0.25, 0.3) is 5.91 Å². The number of nitrogens with one attached hydrogen (secondary N) is 2. The summed E-state index contributed by atoms with van der Waals surface area (Å²) in [5, 5.41) is 7.13. The van der Waals surface area contributed by atoms with Gasteiger partial charge in [-0.3, -0.25) is 9.59 Å². The van der Waals surface area contributed by atoms with Crippen LogP contribution in [0.25, 0.3) is 10.2 Å². The van der Waals surface area contributed by atoms with Gasteiger partial charge in [-0.25, -0.2) is 4.98 Å². The number of benzene rings is 2. The van der Waals surface area contributed by atoms with E-state index < -0.39 is 0 Å². The summed E-state index contributed by atoms with van der Waals surface area (Å²) in [4.78, 5) is 29.7. The third-order valence-corrected chi connectivity index (χ3v) is 7.00. The van der Waals surface area contributed by atoms with E-state index in [-0.39, 0.29) is 11.8 Å². The molecule has 2 aromatic carbocycles. The van der Waals surface area contributed by atoms with Crippen molar-refractivity contribution in [3.63, 3.8) is 0 Å². The molecule has 31 heavy (non-hydrogen) atoms. The van der Waals surface area contributed by atoms with Gasteiger partial charge in [0.2, 0.25) is 0 Å². The van der Waals surface area contributed by atoms with Gasteiger partial charge in [-0.05, 0) is 62.9 Å². The van der Waals surface area contributed by atoms with Crippen molar-refractivity contribution in [3.05, 3.63) is 52.6 Å². The van der Waals surface area contributed by atoms with Crippen LogP contribution in [0.4, 0.5) is 10.8 Å². The van der Waals surface area contributed by atoms with Crippen molar-refractivity contribution in [2.75, 3.05) is 17.2 Å². The Kier molecular flexibility index (Phi) is 6.37. The van der Waals surface area contributed by atoms with Gasteiger partial charge >= 0.3 is 0 Å². The number of rotatable bonds is 7. The average molecular weight is 436 g/mol. The molecule has 0 unspecified atom stereocenters. The third-order valence-electron chi connectivity index (χ3n) is 6.02. The highest BCUT2D eigenvalue weighted by Crippen LogP contribution is 2.29. The lowest BCUT2D eigenvalue weighted by Gasteiger charge is -2.12. The van der Waals surface area contributed by atoms with E-state index in [1.54, 1.807) is 0 Å². The summed E-state index contributed by atoms with van der Waals surface area (Å²) in [5.41, 5.74) is 5.64. The van der Waals surface area contributed by atoms with Crippen LogP contribution in [0.3, 0.4) is 0 Å². The van der Waals surface area contributed by atoms with Crippen LogP contribution in [0.5, 0.6) is 0 Å². The van der Waals surface area contributed by atoms with E-state index in [4.69, 9.17) is 0 Å². The number of carbonyl (C=O) groups is 2. The van der Waals surface area contributed by atoms with E-state index in [9.17, 15) is 9.59 Å². The lowest BCUT2D eigenvalue weighted by atomic mass is 10.0. The minimum Gasteiger partial charge on any atom is -0.361 e. The summed E-state index contributed by atoms with van der Waals surface area (Å²) in [6, 6.07) is 9.72. The zero-order valence-electron chi connectivity index (χ0n) is 18.4. The van der Waals surface area contributed by atoms with Gasteiger partial charge in [0.1, 0.15) is 5.78 Å². The maximum Gasteiger partial charge on any atom is 0.255 e. The van der Waals surface area contributed by atoms with Crippen molar-refractivity contribution in [3.8, 4) is 0 Å². The van der Waals surface area contributed by atoms with Crippen LogP contribution in [0.1, 0.15) is 59.2 Å². The quantitative estimate of drug-likeness (QED) is 0.475. The Hall–Kier alpha value is -2.73. The number of fused-ring (bicyclic) bond motifs is 1. The zero-order valence-corrected chi connectivity index (χ0v) is 19.2. The molecule has 1 fully saturated rings. The molecule has 0 aliphatic heterocycles. The number of aromatic nitrogens is 1. The number of anilines is 2. The Morgan fingerprint density at radius 3 is 2.48 bits per heavy atom. The Labute approximate surface area is 187 Å². The smallest absolute Gasteiger partial charge is 0.255 e. The number of carbonyl (C=O) groups excluding carboxylic acids is 2. The summed E-state index contributed by atoms with van der Waals surface area (Å²) >= 11 is 1.51. The molecule has 1 heterocycles. The molecule has 1 aliphatic rings. The molecular weight excluding hydrogens is 406 g/mol. The largest absolute Gasteiger partial charge is 0.361 e. The fraction of sp³-hybridized carbons (Fsp3) is 0.400. The Bertz CT molecular complexity index is 1110. The zero-order chi connectivity index (χ0) is 22.0. The molecule has 1 saturated carbocycles. The highest BCUT2D eigenvalue weighted by atomic mass is 32.1. The number of ketones is 1. The first-order chi connectivity index (χ1) is 14.9. The number of nitrogens with zero attached hydrogens (tertiary/aromatic N) is 1. The van der Waals surface area contributed by atoms with Crippen molar-refractivity contribution >= 4 is 44.1 Å². The van der Waals surface area contributed by atoms with Gasteiger partial charge in [-0.1, -0.05) is 41.9 Å². The molecule has 0 saturated heterocycles. The molecule has 1 amide bonds. The number of thiazole rings is 1. The van der Waals surface area contributed by atoms with Crippen LogP contribution in [0.15, 0.2) is 30.3 Å². The van der Waals surface area contributed by atoms with E-state index in [2.05, 4.69) is 34.7 Å². The molecule has 0 atom stereocenters. The molecule has 1 aromatic heterocycles. The Morgan fingerprint density at radius 1 is 1.06 bits per heavy atom. The molecule has 0 bridgehead atoms. The van der Waals surface area contributed by atoms with Crippen molar-refractivity contribution in [2.24, 2.45) is 5.92 Å². The standard InChI is InChI=1S/C25H29N3O2S/c1-15-12-16(2)23(17(3)13-15)28-24(30)19-8-9-20-22(14-19)31-25(27-20)26-11-10-21(29)18-6-4-5-7-18/h8-9,12-14,18H,4-7,10-11H2,1-3H3,(H,26,27)(H,28,30). The fourth-order valence-corrected chi connectivity index (χ4v) is 5.38. The van der Waals surface area contributed by atoms with Crippen LogP contribution in [0, 0.1) is 26.7 Å². The van der Waals surface area contributed by atoms with Gasteiger partial charge in [0.05, 0.1) is 10.2 Å². The van der Waals surface area contributed by atoms with Crippen LogP contribution < -0.4 is 10.6 Å². The van der Waals surface area contributed by atoms with Crippen LogP contribution in [0.2, 0.25) is 0 Å². The monoisotopic (exact) mass is 435 g/mol. The summed E-state index contributed by atoms with van der Waals surface area (Å²) in [6.45, 7) is 6.68. The van der Waals surface area contributed by atoms with Crippen molar-refractivity contribution in [2.45, 2.75) is 52.9 Å². The van der Waals surface area contributed by atoms with E-state index in [0.717, 1.165) is 45.0 Å². The number of aryl methyl sites for hydroxylation is 3. The summed E-state index contributed by atoms with van der Waals surface area (Å²) < 4.78 is 0.953. The van der Waals surface area contributed by atoms with Gasteiger partial charge < -0.3 is 10.6 Å². The number of hydrogen-bond acceptors (Lipinski definition) is 5. The van der Waals surface area contributed by atoms with Gasteiger partial charge in [-0.15, -0.1) is 0 Å². The summed E-state index contributed by atoms with van der Waals surface area (Å²) in [6.07, 6.45) is 5.00. The fourth-order valence-electron chi connectivity index (χ4n) is 4.45. The molecular formula is C25H29N3O2S. The predicted molar refractivity (Wildman–Crippen MR) is 128 cm³/mol. The molecule has 4 rings (SSSR count). The van der Waals surface area contributed by atoms with Crippen LogP contribution >= 0.6 is 11.3 Å². The van der Waals surface area contributed by atoms with E-state index in [1.807, 2.05) is 32.0 Å². The first kappa shape index (κ1) is 21.5. The van der Waals surface area contributed by atoms with Gasteiger partial charge in [0.15, 0.2) is 5.13 Å². The minimum absolute atomic E-state index is 0.123. The molecule has 0 spiro atoms. The third kappa shape index (κ3) is 4.96. The van der Waals surface area contributed by atoms with Crippen molar-refractivity contribution in [1.82, 2.24) is 4.98 Å². The van der Waals surface area contributed by atoms with Gasteiger partial charge in [0, 0.05) is 30.1 Å². The van der Waals surface area contributed by atoms with E-state index >= 15 is 0 Å². The number of Topliss-reactive ketones (excluding diaryl/α,β-unsaturated/α-hetero) is 1. The van der Waals surface area contributed by atoms with E-state index in [0.29, 0.717) is 24.3 Å². The van der Waals surface area contributed by atoms with Crippen LogP contribution in [-0.4, -0.2) is 23.2 Å². The number of hydrogen-bond donors (Lipinski definition) is 2. The Morgan fingerprint density at radius 2 is 1.77 bits per heavy atom. The second kappa shape index (κ2) is 9.18. The summed E-state index contributed by atoms with van der Waals surface area (Å²) in [7, 11) is 0. The maximum absolute atomic E-state index is 12.8. The van der Waals surface area contributed by atoms with Crippen LogP contribution in [-0.2, 0) is 4.79 Å². The molecule has 6 heteroatoms. The van der Waals surface area contributed by atoms with E-state index in [1.165, 1.54) is 29.7 Å². The van der Waals surface area contributed by atoms with Gasteiger partial charge in [-0.2, -0.15) is 0 Å². The highest BCUT2D eigenvalue weighted by molar-refractivity contribution is 7.22. The topological polar surface area (TPSA) is 71.1 Å². The minimum atomic E-state index is -0.123. The normalized spacial score (nSPS) is 14.2. The van der Waals surface area contributed by atoms with Crippen molar-refractivity contribution in [1.29, 1.82) is 0 Å². The first-order valence-electron chi connectivity index (χ1n) is 11.0. The lowest BCUT2D eigenvalue weighted by Crippen LogP contribution is -2.15. The summed E-state index contributed by atoms with van der Waals surface area (Å²) in [5.74, 6) is 0.507. The Balaban J connectivity index is 1.41. The van der Waals surface area contributed by atoms with Crippen molar-refractivity contribution < 1.29 is 9.59 Å². The SMILES string of the molecule is Cc1cc(C)c(NC(=O)c2ccc3nc(NCCC(=O)C4CCCC4)sc3c2)c(C)c1. The molecule has 2 N–H and O–H groups in total. The molecule has 0 radical (unpaired) electrons. The highest BCUT2D eigenvalue weighted by Gasteiger charge is 2.22.